The van der Waals surface area contributed by atoms with Crippen LogP contribution in [0.5, 0.6) is 0 Å². The van der Waals surface area contributed by atoms with Crippen molar-refractivity contribution < 1.29 is 4.74 Å². The Balaban J connectivity index is 2.77. The van der Waals surface area contributed by atoms with Crippen molar-refractivity contribution in [3.8, 4) is 0 Å². The van der Waals surface area contributed by atoms with Gasteiger partial charge in [0.15, 0.2) is 0 Å². The predicted octanol–water partition coefficient (Wildman–Crippen LogP) is 4.66. The topological polar surface area (TPSA) is 9.23 Å². The molecule has 0 aromatic rings. The van der Waals surface area contributed by atoms with Crippen LogP contribution >= 0.6 is 0 Å². The van der Waals surface area contributed by atoms with Crippen molar-refractivity contribution in [2.75, 3.05) is 13.2 Å². The number of hydrogen-bond donors (Lipinski definition) is 0. The Morgan fingerprint density at radius 3 is 2.24 bits per heavy atom. The molecule has 17 heavy (non-hydrogen) atoms. The molecule has 1 saturated heterocycles. The standard InChI is InChI=1S/C16H26O/c1-6-8-14(13(3)4)9-10-15(7-2)16(5)11-17-12-16/h7,9-10H,6,8,11-12H2,1-5H3/b10-9-,15-7+. The lowest BCUT2D eigenvalue weighted by atomic mass is 9.79. The van der Waals surface area contributed by atoms with Gasteiger partial charge in [-0.05, 0) is 38.3 Å². The second-order valence-electron chi connectivity index (χ2n) is 5.41. The Morgan fingerprint density at radius 1 is 1.24 bits per heavy atom. The molecule has 96 valence electrons. The summed E-state index contributed by atoms with van der Waals surface area (Å²) in [5, 5.41) is 0. The van der Waals surface area contributed by atoms with E-state index in [0.29, 0.717) is 0 Å². The van der Waals surface area contributed by atoms with Gasteiger partial charge in [0.25, 0.3) is 0 Å². The van der Waals surface area contributed by atoms with Gasteiger partial charge in [0, 0.05) is 5.41 Å². The first kappa shape index (κ1) is 14.2. The molecular weight excluding hydrogens is 208 g/mol. The lowest BCUT2D eigenvalue weighted by Gasteiger charge is -2.39. The molecule has 0 aromatic carbocycles. The van der Waals surface area contributed by atoms with Crippen molar-refractivity contribution in [2.24, 2.45) is 5.41 Å². The van der Waals surface area contributed by atoms with E-state index in [1.54, 1.807) is 0 Å². The van der Waals surface area contributed by atoms with Crippen LogP contribution in [0, 0.1) is 5.41 Å². The molecule has 0 saturated carbocycles. The molecule has 0 radical (unpaired) electrons. The number of ether oxygens (including phenoxy) is 1. The van der Waals surface area contributed by atoms with Gasteiger partial charge in [-0.25, -0.2) is 0 Å². The van der Waals surface area contributed by atoms with Crippen LogP contribution in [0.4, 0.5) is 0 Å². The highest BCUT2D eigenvalue weighted by Crippen LogP contribution is 2.36. The molecule has 0 N–H and O–H groups in total. The van der Waals surface area contributed by atoms with Gasteiger partial charge < -0.3 is 4.74 Å². The fraction of sp³-hybridized carbons (Fsp3) is 0.625. The molecule has 0 bridgehead atoms. The molecule has 1 nitrogen and oxygen atoms in total. The Bertz CT molecular complexity index is 337. The monoisotopic (exact) mass is 234 g/mol. The van der Waals surface area contributed by atoms with Crippen LogP contribution in [0.25, 0.3) is 0 Å². The van der Waals surface area contributed by atoms with Crippen LogP contribution in [0.1, 0.15) is 47.5 Å². The fourth-order valence-electron chi connectivity index (χ4n) is 2.18. The Morgan fingerprint density at radius 2 is 1.88 bits per heavy atom. The molecule has 1 fully saturated rings. The summed E-state index contributed by atoms with van der Waals surface area (Å²) >= 11 is 0. The maximum absolute atomic E-state index is 5.34. The van der Waals surface area contributed by atoms with Crippen molar-refractivity contribution in [1.29, 1.82) is 0 Å². The summed E-state index contributed by atoms with van der Waals surface area (Å²) in [4.78, 5) is 0. The van der Waals surface area contributed by atoms with E-state index in [1.807, 2.05) is 0 Å². The van der Waals surface area contributed by atoms with Crippen molar-refractivity contribution in [3.63, 3.8) is 0 Å². The normalized spacial score (nSPS) is 19.2. The zero-order valence-corrected chi connectivity index (χ0v) is 12.0. The minimum Gasteiger partial charge on any atom is -0.379 e. The summed E-state index contributed by atoms with van der Waals surface area (Å²) in [7, 11) is 0. The van der Waals surface area contributed by atoms with Gasteiger partial charge in [-0.1, -0.05) is 44.1 Å². The average Bonchev–Trinajstić information content (AvgIpc) is 2.25. The van der Waals surface area contributed by atoms with E-state index in [2.05, 4.69) is 52.8 Å². The van der Waals surface area contributed by atoms with E-state index in [0.717, 1.165) is 13.2 Å². The van der Waals surface area contributed by atoms with Gasteiger partial charge in [0.2, 0.25) is 0 Å². The van der Waals surface area contributed by atoms with E-state index in [1.165, 1.54) is 29.6 Å². The number of allylic oxidation sites excluding steroid dienone is 5. The Hall–Kier alpha value is -0.820. The molecule has 1 aliphatic rings. The van der Waals surface area contributed by atoms with Gasteiger partial charge >= 0.3 is 0 Å². The zero-order chi connectivity index (χ0) is 12.9. The van der Waals surface area contributed by atoms with Gasteiger partial charge in [0.05, 0.1) is 13.2 Å². The first-order valence-electron chi connectivity index (χ1n) is 6.62. The first-order chi connectivity index (χ1) is 8.03. The number of rotatable bonds is 5. The van der Waals surface area contributed by atoms with E-state index >= 15 is 0 Å². The van der Waals surface area contributed by atoms with Crippen LogP contribution in [0.3, 0.4) is 0 Å². The van der Waals surface area contributed by atoms with Crippen LogP contribution in [-0.4, -0.2) is 13.2 Å². The molecule has 0 amide bonds. The maximum Gasteiger partial charge on any atom is 0.0582 e. The van der Waals surface area contributed by atoms with Crippen molar-refractivity contribution >= 4 is 0 Å². The van der Waals surface area contributed by atoms with Crippen molar-refractivity contribution in [1.82, 2.24) is 0 Å². The van der Waals surface area contributed by atoms with E-state index in [4.69, 9.17) is 4.74 Å². The number of hydrogen-bond acceptors (Lipinski definition) is 1. The van der Waals surface area contributed by atoms with Crippen LogP contribution < -0.4 is 0 Å². The van der Waals surface area contributed by atoms with Crippen LogP contribution in [0.15, 0.2) is 34.9 Å². The van der Waals surface area contributed by atoms with Crippen LogP contribution in [-0.2, 0) is 4.74 Å². The second-order valence-corrected chi connectivity index (χ2v) is 5.41. The highest BCUT2D eigenvalue weighted by atomic mass is 16.5. The molecule has 0 aromatic heterocycles. The lowest BCUT2D eigenvalue weighted by Crippen LogP contribution is -2.40. The Labute approximate surface area is 106 Å². The molecule has 0 aliphatic carbocycles. The zero-order valence-electron chi connectivity index (χ0n) is 12.0. The molecule has 1 rings (SSSR count). The summed E-state index contributed by atoms with van der Waals surface area (Å²) < 4.78 is 5.34. The quantitative estimate of drug-likeness (QED) is 0.628. The van der Waals surface area contributed by atoms with E-state index < -0.39 is 0 Å². The minimum atomic E-state index is 0.240. The highest BCUT2D eigenvalue weighted by molar-refractivity contribution is 5.34. The summed E-state index contributed by atoms with van der Waals surface area (Å²) in [5.41, 5.74) is 4.53. The molecule has 1 aliphatic heterocycles. The minimum absolute atomic E-state index is 0.240. The smallest absolute Gasteiger partial charge is 0.0582 e. The van der Waals surface area contributed by atoms with Gasteiger partial charge in [-0.15, -0.1) is 0 Å². The largest absolute Gasteiger partial charge is 0.379 e. The molecule has 1 heteroatoms. The third-order valence-corrected chi connectivity index (χ3v) is 3.47. The molecular formula is C16H26O. The third-order valence-electron chi connectivity index (χ3n) is 3.47. The maximum atomic E-state index is 5.34. The summed E-state index contributed by atoms with van der Waals surface area (Å²) in [6.07, 6.45) is 9.16. The summed E-state index contributed by atoms with van der Waals surface area (Å²) in [6, 6.07) is 0. The predicted molar refractivity (Wildman–Crippen MR) is 75.1 cm³/mol. The van der Waals surface area contributed by atoms with Crippen molar-refractivity contribution in [3.05, 3.63) is 34.9 Å². The summed E-state index contributed by atoms with van der Waals surface area (Å²) in [6.45, 7) is 12.7. The third kappa shape index (κ3) is 3.57. The lowest BCUT2D eigenvalue weighted by molar-refractivity contribution is -0.0759. The highest BCUT2D eigenvalue weighted by Gasteiger charge is 2.35. The summed E-state index contributed by atoms with van der Waals surface area (Å²) in [5.74, 6) is 0. The second kappa shape index (κ2) is 6.20. The molecule has 0 unspecified atom stereocenters. The average molecular weight is 234 g/mol. The molecule has 1 heterocycles. The van der Waals surface area contributed by atoms with Gasteiger partial charge in [0.1, 0.15) is 0 Å². The van der Waals surface area contributed by atoms with E-state index in [-0.39, 0.29) is 5.41 Å². The first-order valence-corrected chi connectivity index (χ1v) is 6.62. The Kier molecular flexibility index (Phi) is 5.20. The molecule has 0 spiro atoms. The van der Waals surface area contributed by atoms with Crippen LogP contribution in [0.2, 0.25) is 0 Å². The van der Waals surface area contributed by atoms with E-state index in [9.17, 15) is 0 Å². The molecule has 0 atom stereocenters. The van der Waals surface area contributed by atoms with Crippen molar-refractivity contribution in [2.45, 2.75) is 47.5 Å². The van der Waals surface area contributed by atoms with Gasteiger partial charge in [-0.2, -0.15) is 0 Å². The van der Waals surface area contributed by atoms with Gasteiger partial charge in [-0.3, -0.25) is 0 Å². The fourth-order valence-corrected chi connectivity index (χ4v) is 2.18. The SMILES string of the molecule is C/C=C(\C=C/C(CCC)=C(C)C)C1(C)COC1.